The number of aliphatic hydroxyl groups excluding tert-OH is 1. The van der Waals surface area contributed by atoms with Crippen LogP contribution < -0.4 is 15.6 Å². The Labute approximate surface area is 260 Å². The molecule has 1 aliphatic heterocycles. The molecule has 3 aromatic carbocycles. The number of benzene rings is 3. The zero-order valence-electron chi connectivity index (χ0n) is 24.6. The number of rotatable bonds is 13. The van der Waals surface area contributed by atoms with Gasteiger partial charge in [0.2, 0.25) is 5.90 Å². The Kier molecular flexibility index (Phi) is 10.8. The molecule has 0 bridgehead atoms. The lowest BCUT2D eigenvalue weighted by atomic mass is 9.81. The van der Waals surface area contributed by atoms with E-state index in [1.54, 1.807) is 24.3 Å². The van der Waals surface area contributed by atoms with Crippen molar-refractivity contribution in [3.8, 4) is 5.75 Å². The van der Waals surface area contributed by atoms with Gasteiger partial charge in [-0.05, 0) is 53.3 Å². The lowest BCUT2D eigenvalue weighted by molar-refractivity contribution is -0.130. The van der Waals surface area contributed by atoms with Gasteiger partial charge >= 0.3 is 0 Å². The van der Waals surface area contributed by atoms with E-state index in [-0.39, 0.29) is 24.3 Å². The number of carbonyl (C=O) groups excluding carboxylic acids is 1. The highest BCUT2D eigenvalue weighted by molar-refractivity contribution is 9.10. The maximum absolute atomic E-state index is 14.3. The summed E-state index contributed by atoms with van der Waals surface area (Å²) in [5.74, 6) is 0.569. The summed E-state index contributed by atoms with van der Waals surface area (Å²) in [6.45, 7) is 7.42. The number of nitrogens with one attached hydrogen (secondary N) is 2. The average Bonchev–Trinajstić information content (AvgIpc) is 3.37. The van der Waals surface area contributed by atoms with Crippen LogP contribution in [0.4, 0.5) is 5.69 Å². The summed E-state index contributed by atoms with van der Waals surface area (Å²) >= 11 is 3.65. The minimum atomic E-state index is -1.47. The quantitative estimate of drug-likeness (QED) is 0.0621. The van der Waals surface area contributed by atoms with Crippen LogP contribution in [0.5, 0.6) is 5.75 Å². The predicted octanol–water partition coefficient (Wildman–Crippen LogP) is 6.71. The topological polar surface area (TPSA) is 141 Å². The first-order chi connectivity index (χ1) is 20.7. The molecule has 0 saturated heterocycles. The van der Waals surface area contributed by atoms with Gasteiger partial charge in [0.05, 0.1) is 6.61 Å². The molecule has 0 fully saturated rings. The highest BCUT2D eigenvalue weighted by Gasteiger charge is 2.54. The lowest BCUT2D eigenvalue weighted by Gasteiger charge is -2.32. The molecule has 0 radical (unpaired) electrons. The predicted molar refractivity (Wildman–Crippen MR) is 170 cm³/mol. The molecular formula is C32H37BrN6O4. The number of carbonyl (C=O) groups is 1. The minimum absolute atomic E-state index is 0.0528. The molecule has 0 spiro atoms. The van der Waals surface area contributed by atoms with Gasteiger partial charge in [-0.3, -0.25) is 10.2 Å². The van der Waals surface area contributed by atoms with Gasteiger partial charge in [0.15, 0.2) is 11.6 Å². The highest BCUT2D eigenvalue weighted by atomic mass is 79.9. The Morgan fingerprint density at radius 3 is 2.56 bits per heavy atom. The summed E-state index contributed by atoms with van der Waals surface area (Å²) in [5.41, 5.74) is 16.3. The van der Waals surface area contributed by atoms with Crippen molar-refractivity contribution in [2.24, 2.45) is 15.5 Å². The number of azide groups is 1. The van der Waals surface area contributed by atoms with E-state index in [2.05, 4.69) is 57.6 Å². The van der Waals surface area contributed by atoms with Crippen molar-refractivity contribution < 1.29 is 19.4 Å². The third kappa shape index (κ3) is 8.14. The van der Waals surface area contributed by atoms with Crippen LogP contribution in [0.1, 0.15) is 56.4 Å². The number of ether oxygens (including phenoxy) is 2. The van der Waals surface area contributed by atoms with E-state index in [1.165, 1.54) is 0 Å². The van der Waals surface area contributed by atoms with Gasteiger partial charge in [0.25, 0.3) is 5.91 Å². The number of nitrogens with zero attached hydrogens (tertiary/aromatic N) is 4. The van der Waals surface area contributed by atoms with Crippen LogP contribution in [0.15, 0.2) is 87.4 Å². The first-order valence-corrected chi connectivity index (χ1v) is 15.0. The standard InChI is InChI=1S/C32H37BrN6O4/c1-31(2,3)17-18-35-38-30(41)32(21-23-9-4-7-12-27(23)37-39-34)28(25-10-5-6-11-26(25)33)43-29(36-32)22-13-15-24(16-14-22)42-20-8-19-40/h4-7,9-16,28,35,40H,8,17-21H2,1-3H3,(H,38,41)/t28-,32-/m0/s1. The fraction of sp³-hybridized carbons (Fsp3) is 0.375. The summed E-state index contributed by atoms with van der Waals surface area (Å²) in [6, 6.07) is 22.0. The van der Waals surface area contributed by atoms with Gasteiger partial charge < -0.3 is 14.6 Å². The van der Waals surface area contributed by atoms with E-state index >= 15 is 0 Å². The van der Waals surface area contributed by atoms with Crippen LogP contribution >= 0.6 is 15.9 Å². The number of hydrogen-bond acceptors (Lipinski definition) is 7. The van der Waals surface area contributed by atoms with Gasteiger partial charge in [-0.15, -0.1) is 0 Å². The third-order valence-electron chi connectivity index (χ3n) is 7.02. The molecule has 2 atom stereocenters. The summed E-state index contributed by atoms with van der Waals surface area (Å²) in [6.07, 6.45) is 0.657. The van der Waals surface area contributed by atoms with Gasteiger partial charge in [0, 0.05) is 52.2 Å². The Morgan fingerprint density at radius 1 is 1.14 bits per heavy atom. The van der Waals surface area contributed by atoms with Gasteiger partial charge in [-0.25, -0.2) is 10.4 Å². The Morgan fingerprint density at radius 2 is 1.86 bits per heavy atom. The average molecular weight is 650 g/mol. The maximum Gasteiger partial charge on any atom is 0.266 e. The van der Waals surface area contributed by atoms with Crippen LogP contribution in [0.3, 0.4) is 0 Å². The van der Waals surface area contributed by atoms with E-state index < -0.39 is 11.6 Å². The van der Waals surface area contributed by atoms with E-state index in [0.717, 1.165) is 16.5 Å². The maximum atomic E-state index is 14.3. The molecule has 0 unspecified atom stereocenters. The Bertz CT molecular complexity index is 1480. The van der Waals surface area contributed by atoms with Crippen molar-refractivity contribution in [3.63, 3.8) is 0 Å². The van der Waals surface area contributed by atoms with Crippen LogP contribution in [0, 0.1) is 5.41 Å². The number of aliphatic imine (C=N–C) groups is 1. The second-order valence-electron chi connectivity index (χ2n) is 11.5. The molecule has 1 heterocycles. The van der Waals surface area contributed by atoms with Gasteiger partial charge in [0.1, 0.15) is 5.75 Å². The normalized spacial score (nSPS) is 17.9. The van der Waals surface area contributed by atoms with Crippen LogP contribution in [0.25, 0.3) is 10.4 Å². The number of aliphatic hydroxyl groups is 1. The van der Waals surface area contributed by atoms with Crippen molar-refractivity contribution in [3.05, 3.63) is 104 Å². The molecule has 10 nitrogen and oxygen atoms in total. The smallest absolute Gasteiger partial charge is 0.266 e. The van der Waals surface area contributed by atoms with Crippen molar-refractivity contribution >= 4 is 33.4 Å². The fourth-order valence-electron chi connectivity index (χ4n) is 4.73. The summed E-state index contributed by atoms with van der Waals surface area (Å²) in [5, 5.41) is 12.9. The van der Waals surface area contributed by atoms with Crippen LogP contribution in [-0.4, -0.2) is 42.2 Å². The molecule has 11 heteroatoms. The minimum Gasteiger partial charge on any atom is -0.494 e. The molecule has 226 valence electrons. The Hall–Kier alpha value is -3.89. The van der Waals surface area contributed by atoms with E-state index in [1.807, 2.05) is 48.5 Å². The highest BCUT2D eigenvalue weighted by Crippen LogP contribution is 2.45. The van der Waals surface area contributed by atoms with E-state index in [4.69, 9.17) is 19.6 Å². The zero-order valence-corrected chi connectivity index (χ0v) is 26.2. The van der Waals surface area contributed by atoms with Crippen molar-refractivity contribution in [2.75, 3.05) is 19.8 Å². The van der Waals surface area contributed by atoms with Crippen molar-refractivity contribution in [1.82, 2.24) is 10.9 Å². The molecule has 3 N–H and O–H groups in total. The molecule has 1 amide bonds. The summed E-state index contributed by atoms with van der Waals surface area (Å²) < 4.78 is 13.0. The van der Waals surface area contributed by atoms with Gasteiger partial charge in [-0.1, -0.05) is 84.3 Å². The van der Waals surface area contributed by atoms with E-state index in [0.29, 0.717) is 48.0 Å². The first kappa shape index (κ1) is 32.0. The largest absolute Gasteiger partial charge is 0.494 e. The van der Waals surface area contributed by atoms with Crippen molar-refractivity contribution in [1.29, 1.82) is 0 Å². The van der Waals surface area contributed by atoms with Crippen LogP contribution in [0.2, 0.25) is 0 Å². The Balaban J connectivity index is 1.79. The molecule has 4 rings (SSSR count). The van der Waals surface area contributed by atoms with Crippen molar-refractivity contribution in [2.45, 2.75) is 51.7 Å². The van der Waals surface area contributed by atoms with E-state index in [9.17, 15) is 10.3 Å². The number of hydrogen-bond donors (Lipinski definition) is 3. The zero-order chi connectivity index (χ0) is 30.9. The molecular weight excluding hydrogens is 612 g/mol. The second kappa shape index (κ2) is 14.5. The molecule has 0 aromatic heterocycles. The molecule has 0 saturated carbocycles. The molecule has 3 aromatic rings. The van der Waals surface area contributed by atoms with Crippen LogP contribution in [-0.2, 0) is 16.0 Å². The lowest BCUT2D eigenvalue weighted by Crippen LogP contribution is -2.54. The fourth-order valence-corrected chi connectivity index (χ4v) is 5.22. The summed E-state index contributed by atoms with van der Waals surface area (Å²) in [7, 11) is 0. The summed E-state index contributed by atoms with van der Waals surface area (Å²) in [4.78, 5) is 22.3. The third-order valence-corrected chi connectivity index (χ3v) is 7.75. The molecule has 43 heavy (non-hydrogen) atoms. The second-order valence-corrected chi connectivity index (χ2v) is 12.4. The molecule has 0 aliphatic carbocycles. The van der Waals surface area contributed by atoms with Gasteiger partial charge in [-0.2, -0.15) is 0 Å². The number of amides is 1. The number of halogens is 1. The molecule has 1 aliphatic rings. The monoisotopic (exact) mass is 648 g/mol. The first-order valence-electron chi connectivity index (χ1n) is 14.2. The number of hydrazine groups is 1. The SMILES string of the molecule is CC(C)(C)CCNNC(=O)[C@@]1(Cc2ccccc2N=[N+]=[N-])N=C(c2ccc(OCCCO)cc2)O[C@H]1c1ccccc1Br.